The summed E-state index contributed by atoms with van der Waals surface area (Å²) in [5.41, 5.74) is 0. The fourth-order valence-electron chi connectivity index (χ4n) is 2.64. The van der Waals surface area contributed by atoms with Gasteiger partial charge in [0.15, 0.2) is 13.2 Å². The normalized spacial score (nSPS) is 20.6. The van der Waals surface area contributed by atoms with Crippen molar-refractivity contribution in [3.05, 3.63) is 28.7 Å². The SMILES string of the molecule is CC1CCCCC1NC(=O)COC(=O)COc1ccc(Br)cc1. The number of halogens is 1. The Labute approximate surface area is 144 Å². The Bertz CT molecular complexity index is 532. The second-order valence-electron chi connectivity index (χ2n) is 5.84. The number of nitrogens with one attached hydrogen (secondary N) is 1. The largest absolute Gasteiger partial charge is 0.482 e. The van der Waals surface area contributed by atoms with Gasteiger partial charge in [-0.25, -0.2) is 4.79 Å². The molecule has 1 aromatic rings. The van der Waals surface area contributed by atoms with E-state index in [0.29, 0.717) is 11.7 Å². The van der Waals surface area contributed by atoms with Gasteiger partial charge < -0.3 is 14.8 Å². The van der Waals surface area contributed by atoms with Crippen LogP contribution in [0.4, 0.5) is 0 Å². The number of rotatable bonds is 6. The summed E-state index contributed by atoms with van der Waals surface area (Å²) in [7, 11) is 0. The van der Waals surface area contributed by atoms with Crippen LogP contribution in [-0.4, -0.2) is 31.1 Å². The van der Waals surface area contributed by atoms with Gasteiger partial charge >= 0.3 is 5.97 Å². The molecular formula is C17H22BrNO4. The molecule has 1 N–H and O–H groups in total. The fraction of sp³-hybridized carbons (Fsp3) is 0.529. The molecule has 2 atom stereocenters. The molecule has 126 valence electrons. The van der Waals surface area contributed by atoms with E-state index in [0.717, 1.165) is 23.7 Å². The Hall–Kier alpha value is -1.56. The monoisotopic (exact) mass is 383 g/mol. The predicted molar refractivity (Wildman–Crippen MR) is 90.2 cm³/mol. The predicted octanol–water partition coefficient (Wildman–Crippen LogP) is 3.07. The number of hydrogen-bond acceptors (Lipinski definition) is 4. The number of hydrogen-bond donors (Lipinski definition) is 1. The van der Waals surface area contributed by atoms with Crippen molar-refractivity contribution in [3.63, 3.8) is 0 Å². The maximum Gasteiger partial charge on any atom is 0.344 e. The molecule has 1 fully saturated rings. The van der Waals surface area contributed by atoms with E-state index < -0.39 is 5.97 Å². The van der Waals surface area contributed by atoms with Gasteiger partial charge in [-0.3, -0.25) is 4.79 Å². The first-order chi connectivity index (χ1) is 11.0. The highest BCUT2D eigenvalue weighted by atomic mass is 79.9. The van der Waals surface area contributed by atoms with E-state index in [1.54, 1.807) is 12.1 Å². The van der Waals surface area contributed by atoms with Crippen molar-refractivity contribution in [2.45, 2.75) is 38.6 Å². The van der Waals surface area contributed by atoms with Gasteiger partial charge in [0.2, 0.25) is 0 Å². The van der Waals surface area contributed by atoms with E-state index >= 15 is 0 Å². The van der Waals surface area contributed by atoms with Crippen molar-refractivity contribution in [3.8, 4) is 5.75 Å². The Morgan fingerprint density at radius 3 is 2.57 bits per heavy atom. The lowest BCUT2D eigenvalue weighted by molar-refractivity contribution is -0.150. The topological polar surface area (TPSA) is 64.6 Å². The molecular weight excluding hydrogens is 362 g/mol. The molecule has 1 aliphatic rings. The van der Waals surface area contributed by atoms with Gasteiger partial charge in [0.25, 0.3) is 5.91 Å². The van der Waals surface area contributed by atoms with Crippen LogP contribution in [0, 0.1) is 5.92 Å². The molecule has 1 aromatic carbocycles. The Balaban J connectivity index is 1.65. The lowest BCUT2D eigenvalue weighted by Crippen LogP contribution is -2.43. The number of carbonyl (C=O) groups is 2. The third-order valence-electron chi connectivity index (χ3n) is 3.99. The van der Waals surface area contributed by atoms with Crippen molar-refractivity contribution in [1.82, 2.24) is 5.32 Å². The molecule has 0 bridgehead atoms. The first-order valence-corrected chi connectivity index (χ1v) is 8.67. The van der Waals surface area contributed by atoms with Crippen molar-refractivity contribution < 1.29 is 19.1 Å². The second kappa shape index (κ2) is 8.91. The zero-order chi connectivity index (χ0) is 16.7. The second-order valence-corrected chi connectivity index (χ2v) is 6.75. The molecule has 2 unspecified atom stereocenters. The van der Waals surface area contributed by atoms with Crippen LogP contribution in [0.2, 0.25) is 0 Å². The van der Waals surface area contributed by atoms with E-state index in [4.69, 9.17) is 9.47 Å². The summed E-state index contributed by atoms with van der Waals surface area (Å²) in [4.78, 5) is 23.4. The van der Waals surface area contributed by atoms with E-state index in [2.05, 4.69) is 28.2 Å². The van der Waals surface area contributed by atoms with E-state index in [1.165, 1.54) is 6.42 Å². The molecule has 1 saturated carbocycles. The molecule has 6 heteroatoms. The van der Waals surface area contributed by atoms with Crippen LogP contribution in [0.5, 0.6) is 5.75 Å². The van der Waals surface area contributed by atoms with Gasteiger partial charge in [-0.2, -0.15) is 0 Å². The summed E-state index contributed by atoms with van der Waals surface area (Å²) < 4.78 is 11.2. The molecule has 23 heavy (non-hydrogen) atoms. The average Bonchev–Trinajstić information content (AvgIpc) is 2.54. The third-order valence-corrected chi connectivity index (χ3v) is 4.52. The molecule has 5 nitrogen and oxygen atoms in total. The molecule has 0 aliphatic heterocycles. The number of ether oxygens (including phenoxy) is 2. The Kier molecular flexibility index (Phi) is 6.89. The fourth-order valence-corrected chi connectivity index (χ4v) is 2.90. The molecule has 0 radical (unpaired) electrons. The zero-order valence-electron chi connectivity index (χ0n) is 13.2. The van der Waals surface area contributed by atoms with Crippen molar-refractivity contribution >= 4 is 27.8 Å². The summed E-state index contributed by atoms with van der Waals surface area (Å²) in [5, 5.41) is 2.94. The summed E-state index contributed by atoms with van der Waals surface area (Å²) in [6, 6.07) is 7.32. The molecule has 1 amide bonds. The minimum absolute atomic E-state index is 0.189. The maximum atomic E-state index is 11.8. The molecule has 0 saturated heterocycles. The quantitative estimate of drug-likeness (QED) is 0.766. The molecule has 2 rings (SSSR count). The van der Waals surface area contributed by atoms with E-state index in [-0.39, 0.29) is 25.2 Å². The zero-order valence-corrected chi connectivity index (χ0v) is 14.8. The lowest BCUT2D eigenvalue weighted by Gasteiger charge is -2.29. The van der Waals surface area contributed by atoms with Gasteiger partial charge in [0, 0.05) is 10.5 Å². The van der Waals surface area contributed by atoms with Crippen LogP contribution in [-0.2, 0) is 14.3 Å². The molecule has 0 heterocycles. The van der Waals surface area contributed by atoms with Gasteiger partial charge in [-0.05, 0) is 43.0 Å². The minimum atomic E-state index is -0.556. The average molecular weight is 384 g/mol. The van der Waals surface area contributed by atoms with E-state index in [9.17, 15) is 9.59 Å². The van der Waals surface area contributed by atoms with Gasteiger partial charge in [-0.15, -0.1) is 0 Å². The summed E-state index contributed by atoms with van der Waals surface area (Å²) >= 11 is 3.32. The molecule has 0 aromatic heterocycles. The maximum absolute atomic E-state index is 11.8. The number of carbonyl (C=O) groups excluding carboxylic acids is 2. The summed E-state index contributed by atoms with van der Waals surface area (Å²) in [6.07, 6.45) is 4.48. The van der Waals surface area contributed by atoms with E-state index in [1.807, 2.05) is 12.1 Å². The highest BCUT2D eigenvalue weighted by Gasteiger charge is 2.23. The van der Waals surface area contributed by atoms with Gasteiger partial charge in [0.1, 0.15) is 5.75 Å². The Morgan fingerprint density at radius 1 is 1.17 bits per heavy atom. The highest BCUT2D eigenvalue weighted by molar-refractivity contribution is 9.10. The number of benzene rings is 1. The van der Waals surface area contributed by atoms with Crippen LogP contribution in [0.25, 0.3) is 0 Å². The smallest absolute Gasteiger partial charge is 0.344 e. The first kappa shape index (κ1) is 17.8. The third kappa shape index (κ3) is 6.22. The van der Waals surface area contributed by atoms with Crippen LogP contribution in [0.1, 0.15) is 32.6 Å². The molecule has 1 aliphatic carbocycles. The van der Waals surface area contributed by atoms with Crippen molar-refractivity contribution in [2.75, 3.05) is 13.2 Å². The van der Waals surface area contributed by atoms with Crippen LogP contribution < -0.4 is 10.1 Å². The minimum Gasteiger partial charge on any atom is -0.482 e. The highest BCUT2D eigenvalue weighted by Crippen LogP contribution is 2.23. The van der Waals surface area contributed by atoms with Crippen molar-refractivity contribution in [1.29, 1.82) is 0 Å². The number of esters is 1. The standard InChI is InChI=1S/C17H22BrNO4/c1-12-4-2-3-5-15(12)19-16(20)10-23-17(21)11-22-14-8-6-13(18)7-9-14/h6-9,12,15H,2-5,10-11H2,1H3,(H,19,20). The molecule has 0 spiro atoms. The number of amides is 1. The Morgan fingerprint density at radius 2 is 1.87 bits per heavy atom. The van der Waals surface area contributed by atoms with Crippen LogP contribution in [0.15, 0.2) is 28.7 Å². The summed E-state index contributed by atoms with van der Waals surface area (Å²) in [6.45, 7) is 1.67. The van der Waals surface area contributed by atoms with Gasteiger partial charge in [0.05, 0.1) is 0 Å². The van der Waals surface area contributed by atoms with Crippen LogP contribution >= 0.6 is 15.9 Å². The van der Waals surface area contributed by atoms with Crippen molar-refractivity contribution in [2.24, 2.45) is 5.92 Å². The first-order valence-electron chi connectivity index (χ1n) is 7.88. The lowest BCUT2D eigenvalue weighted by atomic mass is 9.86. The van der Waals surface area contributed by atoms with Crippen LogP contribution in [0.3, 0.4) is 0 Å². The van der Waals surface area contributed by atoms with Gasteiger partial charge in [-0.1, -0.05) is 35.7 Å². The summed E-state index contributed by atoms with van der Waals surface area (Å²) in [5.74, 6) is 0.246.